The Balaban J connectivity index is 2.10. The van der Waals surface area contributed by atoms with Gasteiger partial charge in [0.1, 0.15) is 0 Å². The summed E-state index contributed by atoms with van der Waals surface area (Å²) in [7, 11) is 1.38. The predicted octanol–water partition coefficient (Wildman–Crippen LogP) is 2.66. The van der Waals surface area contributed by atoms with E-state index in [1.165, 1.54) is 19.2 Å². The molecule has 1 saturated carbocycles. The van der Waals surface area contributed by atoms with E-state index in [-0.39, 0.29) is 23.4 Å². The molecule has 7 nitrogen and oxygen atoms in total. The summed E-state index contributed by atoms with van der Waals surface area (Å²) in [5.74, 6) is -0.913. The minimum absolute atomic E-state index is 0.0212. The van der Waals surface area contributed by atoms with Gasteiger partial charge in [0, 0.05) is 17.8 Å². The number of ether oxygens (including phenoxy) is 1. The second-order valence-corrected chi connectivity index (χ2v) is 5.19. The molecule has 114 valence electrons. The van der Waals surface area contributed by atoms with E-state index in [0.29, 0.717) is 18.5 Å². The summed E-state index contributed by atoms with van der Waals surface area (Å²) >= 11 is 0. The summed E-state index contributed by atoms with van der Waals surface area (Å²) < 4.78 is 4.95. The summed E-state index contributed by atoms with van der Waals surface area (Å²) in [6, 6.07) is 4.69. The third kappa shape index (κ3) is 3.62. The highest BCUT2D eigenvalue weighted by Crippen LogP contribution is 2.32. The number of hydrogen-bond acceptors (Lipinski definition) is 5. The average molecular weight is 294 g/mol. The number of nitro groups is 1. The number of methoxy groups -OCH3 is 1. The third-order valence-electron chi connectivity index (χ3n) is 3.77. The Bertz CT molecular complexity index is 546. The van der Waals surface area contributed by atoms with Crippen LogP contribution in [0.15, 0.2) is 18.2 Å². The number of nitrogens with zero attached hydrogens (tertiary/aromatic N) is 1. The molecule has 2 atom stereocenters. The molecular weight excluding hydrogens is 276 g/mol. The molecule has 0 heterocycles. The van der Waals surface area contributed by atoms with Gasteiger partial charge in [0.15, 0.2) is 5.75 Å². The Morgan fingerprint density at radius 1 is 1.48 bits per heavy atom. The first kappa shape index (κ1) is 15.1. The monoisotopic (exact) mass is 294 g/mol. The van der Waals surface area contributed by atoms with Crippen LogP contribution in [0.25, 0.3) is 0 Å². The first-order valence-corrected chi connectivity index (χ1v) is 6.83. The number of rotatable bonds is 5. The van der Waals surface area contributed by atoms with Crippen molar-refractivity contribution in [3.63, 3.8) is 0 Å². The van der Waals surface area contributed by atoms with Crippen molar-refractivity contribution in [1.82, 2.24) is 0 Å². The molecule has 1 aliphatic carbocycles. The molecule has 2 unspecified atom stereocenters. The van der Waals surface area contributed by atoms with Crippen LogP contribution < -0.4 is 10.1 Å². The van der Waals surface area contributed by atoms with Crippen molar-refractivity contribution in [3.8, 4) is 5.75 Å². The summed E-state index contributed by atoms with van der Waals surface area (Å²) in [4.78, 5) is 21.5. The van der Waals surface area contributed by atoms with Crippen LogP contribution in [0.1, 0.15) is 25.7 Å². The summed E-state index contributed by atoms with van der Waals surface area (Å²) in [6.45, 7) is 0. The average Bonchev–Trinajstić information content (AvgIpc) is 2.47. The van der Waals surface area contributed by atoms with Crippen molar-refractivity contribution in [2.45, 2.75) is 31.7 Å². The largest absolute Gasteiger partial charge is 0.490 e. The fraction of sp³-hybridized carbons (Fsp3) is 0.500. The molecule has 2 rings (SSSR count). The van der Waals surface area contributed by atoms with Crippen molar-refractivity contribution < 1.29 is 19.6 Å². The zero-order valence-corrected chi connectivity index (χ0v) is 11.7. The van der Waals surface area contributed by atoms with Gasteiger partial charge >= 0.3 is 11.7 Å². The number of anilines is 1. The van der Waals surface area contributed by atoms with E-state index in [0.717, 1.165) is 12.8 Å². The van der Waals surface area contributed by atoms with Crippen LogP contribution in [0.3, 0.4) is 0 Å². The van der Waals surface area contributed by atoms with Crippen LogP contribution in [0.4, 0.5) is 11.4 Å². The topological polar surface area (TPSA) is 102 Å². The molecule has 1 fully saturated rings. The van der Waals surface area contributed by atoms with Gasteiger partial charge in [-0.25, -0.2) is 0 Å². The zero-order valence-electron chi connectivity index (χ0n) is 11.7. The number of nitrogens with one attached hydrogen (secondary N) is 1. The van der Waals surface area contributed by atoms with Crippen molar-refractivity contribution in [2.24, 2.45) is 5.92 Å². The van der Waals surface area contributed by atoms with Crippen LogP contribution in [-0.2, 0) is 4.79 Å². The lowest BCUT2D eigenvalue weighted by Gasteiger charge is -2.28. The van der Waals surface area contributed by atoms with E-state index >= 15 is 0 Å². The molecular formula is C14H18N2O5. The summed E-state index contributed by atoms with van der Waals surface area (Å²) in [6.07, 6.45) is 2.93. The molecule has 0 aliphatic heterocycles. The quantitative estimate of drug-likeness (QED) is 0.639. The lowest BCUT2D eigenvalue weighted by atomic mass is 9.85. The van der Waals surface area contributed by atoms with Crippen LogP contribution in [0.5, 0.6) is 5.75 Å². The van der Waals surface area contributed by atoms with Gasteiger partial charge in [-0.3, -0.25) is 14.9 Å². The molecule has 2 N–H and O–H groups in total. The van der Waals surface area contributed by atoms with Gasteiger partial charge < -0.3 is 15.2 Å². The fourth-order valence-electron chi connectivity index (χ4n) is 2.70. The van der Waals surface area contributed by atoms with Gasteiger partial charge in [-0.15, -0.1) is 0 Å². The number of carboxylic acid groups (broad SMARTS) is 1. The molecule has 0 bridgehead atoms. The Morgan fingerprint density at radius 3 is 2.86 bits per heavy atom. The molecule has 0 spiro atoms. The van der Waals surface area contributed by atoms with Crippen molar-refractivity contribution in [3.05, 3.63) is 28.3 Å². The maximum atomic E-state index is 11.0. The lowest BCUT2D eigenvalue weighted by Crippen LogP contribution is -2.30. The number of carboxylic acids is 1. The van der Waals surface area contributed by atoms with E-state index in [1.54, 1.807) is 6.07 Å². The van der Waals surface area contributed by atoms with E-state index < -0.39 is 10.9 Å². The zero-order chi connectivity index (χ0) is 15.4. The second kappa shape index (κ2) is 6.43. The highest BCUT2D eigenvalue weighted by atomic mass is 16.6. The number of hydrogen-bond donors (Lipinski definition) is 2. The number of benzene rings is 1. The second-order valence-electron chi connectivity index (χ2n) is 5.19. The highest BCUT2D eigenvalue weighted by Gasteiger charge is 2.27. The lowest BCUT2D eigenvalue weighted by molar-refractivity contribution is -0.385. The molecule has 0 amide bonds. The van der Waals surface area contributed by atoms with Crippen LogP contribution in [0.2, 0.25) is 0 Å². The van der Waals surface area contributed by atoms with Gasteiger partial charge in [-0.1, -0.05) is 6.42 Å². The van der Waals surface area contributed by atoms with Crippen molar-refractivity contribution in [1.29, 1.82) is 0 Å². The molecule has 1 aromatic rings. The SMILES string of the molecule is COc1ccc(NC2CCCC(C(=O)O)C2)cc1[N+](=O)[O-]. The van der Waals surface area contributed by atoms with Gasteiger partial charge in [0.05, 0.1) is 18.0 Å². The van der Waals surface area contributed by atoms with Gasteiger partial charge in [0.2, 0.25) is 0 Å². The Hall–Kier alpha value is -2.31. The van der Waals surface area contributed by atoms with Gasteiger partial charge in [-0.05, 0) is 31.4 Å². The number of nitro benzene ring substituents is 1. The number of carbonyl (C=O) groups is 1. The normalized spacial score (nSPS) is 21.6. The summed E-state index contributed by atoms with van der Waals surface area (Å²) in [5.41, 5.74) is 0.506. The minimum Gasteiger partial charge on any atom is -0.490 e. The van der Waals surface area contributed by atoms with Crippen LogP contribution in [0, 0.1) is 16.0 Å². The van der Waals surface area contributed by atoms with E-state index in [2.05, 4.69) is 5.32 Å². The highest BCUT2D eigenvalue weighted by molar-refractivity contribution is 5.70. The van der Waals surface area contributed by atoms with Crippen LogP contribution >= 0.6 is 0 Å². The number of aliphatic carboxylic acids is 1. The Morgan fingerprint density at radius 2 is 2.24 bits per heavy atom. The Kier molecular flexibility index (Phi) is 4.62. The first-order valence-electron chi connectivity index (χ1n) is 6.83. The molecule has 0 saturated heterocycles. The summed E-state index contributed by atoms with van der Waals surface area (Å²) in [5, 5.41) is 23.2. The van der Waals surface area contributed by atoms with E-state index in [4.69, 9.17) is 9.84 Å². The molecule has 1 aliphatic rings. The third-order valence-corrected chi connectivity index (χ3v) is 3.77. The molecule has 1 aromatic carbocycles. The predicted molar refractivity (Wildman–Crippen MR) is 76.7 cm³/mol. The van der Waals surface area contributed by atoms with E-state index in [1.807, 2.05) is 0 Å². The fourth-order valence-corrected chi connectivity index (χ4v) is 2.70. The molecule has 7 heteroatoms. The maximum absolute atomic E-state index is 11.0. The van der Waals surface area contributed by atoms with Gasteiger partial charge in [-0.2, -0.15) is 0 Å². The maximum Gasteiger partial charge on any atom is 0.312 e. The molecule has 0 aromatic heterocycles. The first-order chi connectivity index (χ1) is 10.0. The standard InChI is InChI=1S/C14H18N2O5/c1-21-13-6-5-11(8-12(13)16(19)20)15-10-4-2-3-9(7-10)14(17)18/h5-6,8-10,15H,2-4,7H2,1H3,(H,17,18). The van der Waals surface area contributed by atoms with Crippen LogP contribution in [-0.4, -0.2) is 29.2 Å². The molecule has 0 radical (unpaired) electrons. The van der Waals surface area contributed by atoms with Crippen molar-refractivity contribution >= 4 is 17.3 Å². The van der Waals surface area contributed by atoms with Gasteiger partial charge in [0.25, 0.3) is 0 Å². The smallest absolute Gasteiger partial charge is 0.312 e. The Labute approximate surface area is 122 Å². The van der Waals surface area contributed by atoms with Crippen molar-refractivity contribution in [2.75, 3.05) is 12.4 Å². The molecule has 21 heavy (non-hydrogen) atoms. The van der Waals surface area contributed by atoms with E-state index in [9.17, 15) is 14.9 Å². The minimum atomic E-state index is -0.776.